The summed E-state index contributed by atoms with van der Waals surface area (Å²) in [6.45, 7) is 0.101. The molecule has 0 spiro atoms. The number of aliphatic carboxylic acids is 2. The molecule has 1 rings (SSSR count). The second-order valence-corrected chi connectivity index (χ2v) is 3.95. The number of piperidine rings is 1. The molecule has 3 N–H and O–H groups in total. The van der Waals surface area contributed by atoms with Crippen molar-refractivity contribution in [1.29, 1.82) is 0 Å². The molecule has 1 unspecified atom stereocenters. The SMILES string of the molecule is O=C(O)/C=C/C1CNCC(F)(F)C1.O=C(O)C(F)(F)F. The molecule has 1 heterocycles. The molecule has 0 aliphatic carbocycles. The number of carboxylic acid groups (broad SMARTS) is 2. The van der Waals surface area contributed by atoms with E-state index in [4.69, 9.17) is 15.0 Å². The van der Waals surface area contributed by atoms with E-state index >= 15 is 0 Å². The number of nitrogens with one attached hydrogen (secondary N) is 1. The summed E-state index contributed by atoms with van der Waals surface area (Å²) in [6, 6.07) is 0. The largest absolute Gasteiger partial charge is 0.490 e. The van der Waals surface area contributed by atoms with Crippen LogP contribution >= 0.6 is 0 Å². The molecule has 1 aliphatic rings. The molecule has 1 aliphatic heterocycles. The minimum atomic E-state index is -5.08. The van der Waals surface area contributed by atoms with Gasteiger partial charge in [-0.25, -0.2) is 18.4 Å². The van der Waals surface area contributed by atoms with Gasteiger partial charge in [0.1, 0.15) is 0 Å². The Kier molecular flexibility index (Phi) is 6.56. The summed E-state index contributed by atoms with van der Waals surface area (Å²) in [4.78, 5) is 19.0. The number of hydrogen-bond acceptors (Lipinski definition) is 3. The molecule has 1 atom stereocenters. The molecule has 0 aromatic heterocycles. The molecule has 0 aromatic carbocycles. The van der Waals surface area contributed by atoms with Crippen molar-refractivity contribution in [2.45, 2.75) is 18.5 Å². The minimum Gasteiger partial charge on any atom is -0.478 e. The van der Waals surface area contributed by atoms with Crippen LogP contribution < -0.4 is 5.32 Å². The maximum atomic E-state index is 12.7. The van der Waals surface area contributed by atoms with E-state index in [0.29, 0.717) is 6.54 Å². The van der Waals surface area contributed by atoms with Gasteiger partial charge in [-0.05, 0) is 5.92 Å². The maximum absolute atomic E-state index is 12.7. The van der Waals surface area contributed by atoms with E-state index in [1.807, 2.05) is 0 Å². The Morgan fingerprint density at radius 3 is 2.10 bits per heavy atom. The van der Waals surface area contributed by atoms with E-state index in [1.165, 1.54) is 6.08 Å². The molecule has 0 aromatic rings. The Morgan fingerprint density at radius 1 is 1.25 bits per heavy atom. The Balaban J connectivity index is 0.000000441. The number of rotatable bonds is 2. The van der Waals surface area contributed by atoms with E-state index in [2.05, 4.69) is 5.32 Å². The molecule has 1 fully saturated rings. The third-order valence-electron chi connectivity index (χ3n) is 2.10. The molecular weight excluding hydrogens is 293 g/mol. The number of alkyl halides is 5. The van der Waals surface area contributed by atoms with E-state index < -0.39 is 24.0 Å². The zero-order chi connectivity index (χ0) is 16.0. The molecule has 5 nitrogen and oxygen atoms in total. The van der Waals surface area contributed by atoms with Crippen LogP contribution in [0.4, 0.5) is 22.0 Å². The molecule has 1 saturated heterocycles. The normalized spacial score (nSPS) is 21.9. The molecule has 116 valence electrons. The highest BCUT2D eigenvalue weighted by Crippen LogP contribution is 2.26. The van der Waals surface area contributed by atoms with Crippen molar-refractivity contribution < 1.29 is 41.8 Å². The molecule has 0 bridgehead atoms. The van der Waals surface area contributed by atoms with Gasteiger partial charge in [-0.3, -0.25) is 0 Å². The first-order valence-electron chi connectivity index (χ1n) is 5.24. The Hall–Kier alpha value is -1.71. The Morgan fingerprint density at radius 2 is 1.75 bits per heavy atom. The fraction of sp³-hybridized carbons (Fsp3) is 0.600. The summed E-state index contributed by atoms with van der Waals surface area (Å²) >= 11 is 0. The van der Waals surface area contributed by atoms with Gasteiger partial charge in [-0.15, -0.1) is 0 Å². The van der Waals surface area contributed by atoms with Crippen molar-refractivity contribution in [1.82, 2.24) is 5.32 Å². The molecule has 0 amide bonds. The Bertz CT molecular complexity index is 380. The second kappa shape index (κ2) is 7.17. The minimum absolute atomic E-state index is 0.274. The summed E-state index contributed by atoms with van der Waals surface area (Å²) in [5, 5.41) is 18.0. The van der Waals surface area contributed by atoms with Crippen LogP contribution in [-0.4, -0.2) is 47.3 Å². The number of hydrogen-bond donors (Lipinski definition) is 3. The van der Waals surface area contributed by atoms with Crippen LogP contribution in [0.5, 0.6) is 0 Å². The predicted octanol–water partition coefficient (Wildman–Crippen LogP) is 1.51. The zero-order valence-electron chi connectivity index (χ0n) is 9.95. The number of carbonyl (C=O) groups is 2. The van der Waals surface area contributed by atoms with Crippen molar-refractivity contribution in [3.8, 4) is 0 Å². The van der Waals surface area contributed by atoms with Gasteiger partial charge in [0, 0.05) is 19.0 Å². The fourth-order valence-corrected chi connectivity index (χ4v) is 1.32. The first kappa shape index (κ1) is 18.3. The quantitative estimate of drug-likeness (QED) is 0.532. The van der Waals surface area contributed by atoms with Crippen LogP contribution in [0.3, 0.4) is 0 Å². The standard InChI is InChI=1S/C8H11F2NO2.C2HF3O2/c9-8(10)3-6(4-11-5-8)1-2-7(12)13;3-2(4,5)1(6)7/h1-2,6,11H,3-5H2,(H,12,13);(H,6,7)/b2-1+;. The summed E-state index contributed by atoms with van der Waals surface area (Å²) < 4.78 is 57.2. The van der Waals surface area contributed by atoms with E-state index in [-0.39, 0.29) is 18.9 Å². The van der Waals surface area contributed by atoms with Crippen LogP contribution in [0.2, 0.25) is 0 Å². The first-order chi connectivity index (χ1) is 8.94. The zero-order valence-corrected chi connectivity index (χ0v) is 9.95. The van der Waals surface area contributed by atoms with Gasteiger partial charge < -0.3 is 15.5 Å². The van der Waals surface area contributed by atoms with E-state index in [0.717, 1.165) is 6.08 Å². The highest BCUT2D eigenvalue weighted by Gasteiger charge is 2.38. The average molecular weight is 305 g/mol. The van der Waals surface area contributed by atoms with Crippen LogP contribution in [0.25, 0.3) is 0 Å². The summed E-state index contributed by atoms with van der Waals surface area (Å²) in [7, 11) is 0. The van der Waals surface area contributed by atoms with Gasteiger partial charge in [0.2, 0.25) is 0 Å². The first-order valence-corrected chi connectivity index (χ1v) is 5.24. The van der Waals surface area contributed by atoms with E-state index in [9.17, 15) is 26.7 Å². The highest BCUT2D eigenvalue weighted by atomic mass is 19.4. The monoisotopic (exact) mass is 305 g/mol. The van der Waals surface area contributed by atoms with Gasteiger partial charge in [-0.2, -0.15) is 13.2 Å². The van der Waals surface area contributed by atoms with Crippen LogP contribution in [0.15, 0.2) is 12.2 Å². The van der Waals surface area contributed by atoms with E-state index in [1.54, 1.807) is 0 Å². The van der Waals surface area contributed by atoms with Gasteiger partial charge in [0.15, 0.2) is 0 Å². The van der Waals surface area contributed by atoms with Crippen molar-refractivity contribution in [3.63, 3.8) is 0 Å². The topological polar surface area (TPSA) is 86.6 Å². The molecule has 20 heavy (non-hydrogen) atoms. The molecule has 0 radical (unpaired) electrons. The van der Waals surface area contributed by atoms with Gasteiger partial charge >= 0.3 is 18.1 Å². The second-order valence-electron chi connectivity index (χ2n) is 3.95. The number of carboxylic acids is 2. The average Bonchev–Trinajstić information content (AvgIpc) is 2.24. The summed E-state index contributed by atoms with van der Waals surface area (Å²) in [6.07, 6.45) is -3.14. The lowest BCUT2D eigenvalue weighted by atomic mass is 9.96. The van der Waals surface area contributed by atoms with Crippen molar-refractivity contribution in [2.75, 3.05) is 13.1 Å². The Labute approximate surface area is 110 Å². The van der Waals surface area contributed by atoms with Gasteiger partial charge in [0.05, 0.1) is 6.54 Å². The number of halogens is 5. The highest BCUT2D eigenvalue weighted by molar-refractivity contribution is 5.79. The smallest absolute Gasteiger partial charge is 0.478 e. The lowest BCUT2D eigenvalue weighted by molar-refractivity contribution is -0.192. The van der Waals surface area contributed by atoms with Gasteiger partial charge in [-0.1, -0.05) is 6.08 Å². The summed E-state index contributed by atoms with van der Waals surface area (Å²) in [5.74, 6) is -6.97. The molecule has 10 heteroatoms. The van der Waals surface area contributed by atoms with Crippen molar-refractivity contribution >= 4 is 11.9 Å². The van der Waals surface area contributed by atoms with Crippen molar-refractivity contribution in [3.05, 3.63) is 12.2 Å². The third kappa shape index (κ3) is 8.40. The lowest BCUT2D eigenvalue weighted by Crippen LogP contribution is -2.43. The van der Waals surface area contributed by atoms with Crippen LogP contribution in [-0.2, 0) is 9.59 Å². The van der Waals surface area contributed by atoms with Crippen LogP contribution in [0.1, 0.15) is 6.42 Å². The van der Waals surface area contributed by atoms with Gasteiger partial charge in [0.25, 0.3) is 5.92 Å². The van der Waals surface area contributed by atoms with Crippen molar-refractivity contribution in [2.24, 2.45) is 5.92 Å². The fourth-order valence-electron chi connectivity index (χ4n) is 1.32. The lowest BCUT2D eigenvalue weighted by Gasteiger charge is -2.27. The molecular formula is C10H12F5NO4. The predicted molar refractivity (Wildman–Crippen MR) is 56.4 cm³/mol. The maximum Gasteiger partial charge on any atom is 0.490 e. The third-order valence-corrected chi connectivity index (χ3v) is 2.10. The molecule has 0 saturated carbocycles. The van der Waals surface area contributed by atoms with Crippen LogP contribution in [0, 0.1) is 5.92 Å². The summed E-state index contributed by atoms with van der Waals surface area (Å²) in [5.41, 5.74) is 0.